The standard InChI is InChI=1S/C24H28Cl2N4O7/c1-13(2)8-19(28-23(31)14(3)37-20-7-6-16(25)10-18(20)26)24(32)29-27-12-15-9-17(30(33)34)11-21(35-4)22(15)36-5/h6-7,9-14,19H,8H2,1-5H3,(H,28,31)(H,29,32)/b27-12-/t14-,19-/m1/s1. The fourth-order valence-corrected chi connectivity index (χ4v) is 3.68. The van der Waals surface area contributed by atoms with E-state index < -0.39 is 28.9 Å². The molecule has 200 valence electrons. The summed E-state index contributed by atoms with van der Waals surface area (Å²) in [6.45, 7) is 5.30. The fourth-order valence-electron chi connectivity index (χ4n) is 3.23. The Morgan fingerprint density at radius 1 is 1.08 bits per heavy atom. The van der Waals surface area contributed by atoms with Crippen molar-refractivity contribution < 1.29 is 28.7 Å². The third-order valence-corrected chi connectivity index (χ3v) is 5.52. The van der Waals surface area contributed by atoms with Crippen molar-refractivity contribution in [2.75, 3.05) is 14.2 Å². The van der Waals surface area contributed by atoms with Crippen LogP contribution in [0.3, 0.4) is 0 Å². The molecule has 0 spiro atoms. The second-order valence-electron chi connectivity index (χ2n) is 8.29. The van der Waals surface area contributed by atoms with E-state index in [1.807, 2.05) is 13.8 Å². The number of carbonyl (C=O) groups is 2. The molecule has 0 aliphatic rings. The highest BCUT2D eigenvalue weighted by Gasteiger charge is 2.26. The van der Waals surface area contributed by atoms with E-state index in [2.05, 4.69) is 15.8 Å². The number of benzene rings is 2. The highest BCUT2D eigenvalue weighted by atomic mass is 35.5. The number of nitrogens with zero attached hydrogens (tertiary/aromatic N) is 2. The molecule has 0 heterocycles. The van der Waals surface area contributed by atoms with E-state index in [4.69, 9.17) is 37.4 Å². The molecule has 13 heteroatoms. The summed E-state index contributed by atoms with van der Waals surface area (Å²) >= 11 is 12.0. The molecule has 2 rings (SSSR count). The van der Waals surface area contributed by atoms with E-state index >= 15 is 0 Å². The molecule has 0 saturated carbocycles. The minimum absolute atomic E-state index is 0.0584. The van der Waals surface area contributed by atoms with Crippen molar-refractivity contribution in [2.24, 2.45) is 11.0 Å². The Labute approximate surface area is 224 Å². The number of hydrazone groups is 1. The molecule has 0 unspecified atom stereocenters. The molecular weight excluding hydrogens is 527 g/mol. The zero-order chi connectivity index (χ0) is 27.7. The van der Waals surface area contributed by atoms with Crippen molar-refractivity contribution in [3.63, 3.8) is 0 Å². The molecule has 11 nitrogen and oxygen atoms in total. The van der Waals surface area contributed by atoms with Crippen LogP contribution in [0.1, 0.15) is 32.8 Å². The summed E-state index contributed by atoms with van der Waals surface area (Å²) in [6.07, 6.45) is 0.538. The van der Waals surface area contributed by atoms with Crippen molar-refractivity contribution in [3.8, 4) is 17.2 Å². The van der Waals surface area contributed by atoms with Crippen LogP contribution < -0.4 is 25.0 Å². The summed E-state index contributed by atoms with van der Waals surface area (Å²) in [5, 5.41) is 18.5. The summed E-state index contributed by atoms with van der Waals surface area (Å²) in [5.74, 6) is -0.478. The monoisotopic (exact) mass is 554 g/mol. The summed E-state index contributed by atoms with van der Waals surface area (Å²) in [7, 11) is 2.71. The summed E-state index contributed by atoms with van der Waals surface area (Å²) < 4.78 is 16.0. The number of halogens is 2. The predicted octanol–water partition coefficient (Wildman–Crippen LogP) is 4.37. The lowest BCUT2D eigenvalue weighted by atomic mass is 10.0. The quantitative estimate of drug-likeness (QED) is 0.225. The van der Waals surface area contributed by atoms with Crippen molar-refractivity contribution >= 4 is 46.9 Å². The number of amides is 2. The first-order chi connectivity index (χ1) is 17.5. The number of nitro groups is 1. The van der Waals surface area contributed by atoms with Crippen LogP contribution >= 0.6 is 23.2 Å². The number of carbonyl (C=O) groups excluding carboxylic acids is 2. The average Bonchev–Trinajstić information content (AvgIpc) is 2.84. The Balaban J connectivity index is 2.15. The molecule has 2 atom stereocenters. The number of hydrogen-bond donors (Lipinski definition) is 2. The van der Waals surface area contributed by atoms with Crippen LogP contribution in [0.5, 0.6) is 17.2 Å². The first-order valence-electron chi connectivity index (χ1n) is 11.1. The fraction of sp³-hybridized carbons (Fsp3) is 0.375. The molecule has 0 radical (unpaired) electrons. The minimum Gasteiger partial charge on any atom is -0.493 e. The molecule has 0 saturated heterocycles. The maximum absolute atomic E-state index is 12.8. The lowest BCUT2D eigenvalue weighted by molar-refractivity contribution is -0.385. The van der Waals surface area contributed by atoms with E-state index in [0.29, 0.717) is 11.4 Å². The molecular formula is C24H28Cl2N4O7. The first kappa shape index (κ1) is 29.7. The van der Waals surface area contributed by atoms with Gasteiger partial charge in [-0.25, -0.2) is 5.43 Å². The Bertz CT molecular complexity index is 1170. The van der Waals surface area contributed by atoms with Crippen LogP contribution in [0.4, 0.5) is 5.69 Å². The van der Waals surface area contributed by atoms with Crippen molar-refractivity contribution in [1.29, 1.82) is 0 Å². The second kappa shape index (κ2) is 13.7. The van der Waals surface area contributed by atoms with Gasteiger partial charge in [-0.3, -0.25) is 19.7 Å². The zero-order valence-corrected chi connectivity index (χ0v) is 22.4. The Kier molecular flexibility index (Phi) is 10.9. The number of rotatable bonds is 12. The smallest absolute Gasteiger partial charge is 0.274 e. The van der Waals surface area contributed by atoms with Gasteiger partial charge >= 0.3 is 0 Å². The van der Waals surface area contributed by atoms with Gasteiger partial charge in [0.1, 0.15) is 11.8 Å². The lowest BCUT2D eigenvalue weighted by Crippen LogP contribution is -2.49. The van der Waals surface area contributed by atoms with Crippen LogP contribution in [0.2, 0.25) is 10.0 Å². The van der Waals surface area contributed by atoms with Gasteiger partial charge < -0.3 is 19.5 Å². The molecule has 0 aliphatic carbocycles. The molecule has 0 fully saturated rings. The Hall–Kier alpha value is -3.57. The van der Waals surface area contributed by atoms with Gasteiger partial charge in [-0.05, 0) is 37.5 Å². The van der Waals surface area contributed by atoms with Crippen LogP contribution in [0, 0.1) is 16.0 Å². The maximum Gasteiger partial charge on any atom is 0.274 e. The van der Waals surface area contributed by atoms with Crippen molar-refractivity contribution in [3.05, 3.63) is 56.1 Å². The number of ether oxygens (including phenoxy) is 3. The second-order valence-corrected chi connectivity index (χ2v) is 9.13. The van der Waals surface area contributed by atoms with Gasteiger partial charge in [0.25, 0.3) is 17.5 Å². The van der Waals surface area contributed by atoms with Crippen LogP contribution in [-0.4, -0.2) is 49.3 Å². The zero-order valence-electron chi connectivity index (χ0n) is 20.9. The average molecular weight is 555 g/mol. The van der Waals surface area contributed by atoms with Gasteiger partial charge in [0, 0.05) is 16.7 Å². The van der Waals surface area contributed by atoms with Crippen molar-refractivity contribution in [1.82, 2.24) is 10.7 Å². The van der Waals surface area contributed by atoms with Crippen LogP contribution in [-0.2, 0) is 9.59 Å². The van der Waals surface area contributed by atoms with Crippen molar-refractivity contribution in [2.45, 2.75) is 39.3 Å². The summed E-state index contributed by atoms with van der Waals surface area (Å²) in [4.78, 5) is 36.2. The molecule has 2 amide bonds. The summed E-state index contributed by atoms with van der Waals surface area (Å²) in [5.41, 5.74) is 2.32. The highest BCUT2D eigenvalue weighted by molar-refractivity contribution is 6.35. The third-order valence-electron chi connectivity index (χ3n) is 4.99. The Morgan fingerprint density at radius 2 is 1.78 bits per heavy atom. The van der Waals surface area contributed by atoms with Crippen LogP contribution in [0.15, 0.2) is 35.4 Å². The van der Waals surface area contributed by atoms with Gasteiger partial charge in [-0.2, -0.15) is 5.10 Å². The van der Waals surface area contributed by atoms with E-state index in [-0.39, 0.29) is 39.4 Å². The maximum atomic E-state index is 12.8. The predicted molar refractivity (Wildman–Crippen MR) is 140 cm³/mol. The summed E-state index contributed by atoms with van der Waals surface area (Å²) in [6, 6.07) is 6.11. The van der Waals surface area contributed by atoms with E-state index in [9.17, 15) is 19.7 Å². The number of hydrogen-bond acceptors (Lipinski definition) is 8. The topological polar surface area (TPSA) is 141 Å². The number of non-ortho nitro benzene ring substituents is 1. The number of nitro benzene ring substituents is 1. The minimum atomic E-state index is -0.966. The molecule has 0 aliphatic heterocycles. The highest BCUT2D eigenvalue weighted by Crippen LogP contribution is 2.34. The van der Waals surface area contributed by atoms with Gasteiger partial charge in [-0.15, -0.1) is 0 Å². The lowest BCUT2D eigenvalue weighted by Gasteiger charge is -2.22. The van der Waals surface area contributed by atoms with Gasteiger partial charge in [0.15, 0.2) is 17.6 Å². The van der Waals surface area contributed by atoms with Gasteiger partial charge in [0.05, 0.1) is 36.4 Å². The molecule has 2 N–H and O–H groups in total. The molecule has 37 heavy (non-hydrogen) atoms. The number of methoxy groups -OCH3 is 2. The molecule has 0 aromatic heterocycles. The SMILES string of the molecule is COc1cc([N+](=O)[O-])cc(/C=N\NC(=O)[C@@H](CC(C)C)NC(=O)[C@@H](C)Oc2ccc(Cl)cc2Cl)c1OC. The molecule has 2 aromatic carbocycles. The first-order valence-corrected chi connectivity index (χ1v) is 11.9. The normalized spacial score (nSPS) is 12.6. The molecule has 0 bridgehead atoms. The van der Waals surface area contributed by atoms with Gasteiger partial charge in [-0.1, -0.05) is 37.0 Å². The Morgan fingerprint density at radius 3 is 2.35 bits per heavy atom. The largest absolute Gasteiger partial charge is 0.493 e. The van der Waals surface area contributed by atoms with E-state index in [0.717, 1.165) is 0 Å². The van der Waals surface area contributed by atoms with Crippen LogP contribution in [0.25, 0.3) is 0 Å². The van der Waals surface area contributed by atoms with E-state index in [1.54, 1.807) is 12.1 Å². The number of nitrogens with one attached hydrogen (secondary N) is 2. The van der Waals surface area contributed by atoms with E-state index in [1.165, 1.54) is 45.6 Å². The molecule has 2 aromatic rings. The van der Waals surface area contributed by atoms with Gasteiger partial charge in [0.2, 0.25) is 0 Å². The third kappa shape index (κ3) is 8.50.